The molecule has 0 unspecified atom stereocenters. The lowest BCUT2D eigenvalue weighted by molar-refractivity contribution is 0.415. The number of nitrogens with zero attached hydrogens (tertiary/aromatic N) is 1. The van der Waals surface area contributed by atoms with Crippen molar-refractivity contribution >= 4 is 44.9 Å². The fourth-order valence-corrected chi connectivity index (χ4v) is 6.07. The summed E-state index contributed by atoms with van der Waals surface area (Å²) in [6, 6.07) is 37.6. The highest BCUT2D eigenvalue weighted by Crippen LogP contribution is 2.45. The molecule has 0 saturated carbocycles. The molecular weight excluding hydrogens is 498 g/mol. The van der Waals surface area contributed by atoms with Crippen molar-refractivity contribution in [1.29, 1.82) is 0 Å². The first kappa shape index (κ1) is 26.7. The SMILES string of the molecule is CCC(=Cc1ccc2c(c1)C(C)=C(C)c1cc(-c3ccc(OC)cc3)ccc1N2CC)c1ccc2ccccc2c1. The van der Waals surface area contributed by atoms with Gasteiger partial charge in [-0.3, -0.25) is 0 Å². The quantitative estimate of drug-likeness (QED) is 0.201. The second-order valence-electron chi connectivity index (χ2n) is 10.8. The van der Waals surface area contributed by atoms with Crippen molar-refractivity contribution in [3.05, 3.63) is 125 Å². The molecule has 1 heterocycles. The molecule has 0 amide bonds. The van der Waals surface area contributed by atoms with Crippen LogP contribution in [-0.2, 0) is 0 Å². The van der Waals surface area contributed by atoms with Gasteiger partial charge in [0.05, 0.1) is 7.11 Å². The number of hydrogen-bond donors (Lipinski definition) is 0. The highest BCUT2D eigenvalue weighted by molar-refractivity contribution is 6.01. The van der Waals surface area contributed by atoms with Crippen LogP contribution in [0.2, 0.25) is 0 Å². The average molecular weight is 536 g/mol. The maximum absolute atomic E-state index is 5.37. The number of hydrogen-bond acceptors (Lipinski definition) is 2. The zero-order valence-electron chi connectivity index (χ0n) is 24.7. The summed E-state index contributed by atoms with van der Waals surface area (Å²) in [6.07, 6.45) is 3.34. The molecule has 0 aliphatic carbocycles. The first-order valence-electron chi connectivity index (χ1n) is 14.6. The van der Waals surface area contributed by atoms with E-state index in [4.69, 9.17) is 4.74 Å². The van der Waals surface area contributed by atoms with Crippen LogP contribution in [0.5, 0.6) is 5.75 Å². The molecule has 0 spiro atoms. The van der Waals surface area contributed by atoms with Crippen LogP contribution in [0.4, 0.5) is 11.4 Å². The topological polar surface area (TPSA) is 12.5 Å². The summed E-state index contributed by atoms with van der Waals surface area (Å²) < 4.78 is 5.37. The Balaban J connectivity index is 1.43. The fraction of sp³-hybridized carbons (Fsp3) is 0.179. The summed E-state index contributed by atoms with van der Waals surface area (Å²) in [5.74, 6) is 0.875. The molecule has 0 atom stereocenters. The molecule has 0 N–H and O–H groups in total. The van der Waals surface area contributed by atoms with Gasteiger partial charge in [-0.2, -0.15) is 0 Å². The molecule has 0 fully saturated rings. The van der Waals surface area contributed by atoms with Gasteiger partial charge in [-0.25, -0.2) is 0 Å². The average Bonchev–Trinajstić information content (AvgIpc) is 3.11. The minimum atomic E-state index is 0.875. The van der Waals surface area contributed by atoms with Gasteiger partial charge in [0.25, 0.3) is 0 Å². The summed E-state index contributed by atoms with van der Waals surface area (Å²) in [5, 5.41) is 2.56. The van der Waals surface area contributed by atoms with Gasteiger partial charge in [-0.1, -0.05) is 73.7 Å². The van der Waals surface area contributed by atoms with Crippen LogP contribution in [0.1, 0.15) is 56.4 Å². The first-order chi connectivity index (χ1) is 20.0. The lowest BCUT2D eigenvalue weighted by atomic mass is 9.93. The largest absolute Gasteiger partial charge is 0.497 e. The molecule has 5 aromatic rings. The fourth-order valence-electron chi connectivity index (χ4n) is 6.07. The van der Waals surface area contributed by atoms with Crippen LogP contribution in [0.25, 0.3) is 44.7 Å². The van der Waals surface area contributed by atoms with Gasteiger partial charge in [0.2, 0.25) is 0 Å². The number of benzene rings is 5. The second-order valence-corrected chi connectivity index (χ2v) is 10.8. The van der Waals surface area contributed by atoms with Crippen molar-refractivity contribution in [2.75, 3.05) is 18.6 Å². The summed E-state index contributed by atoms with van der Waals surface area (Å²) in [7, 11) is 1.71. The Morgan fingerprint density at radius 1 is 0.683 bits per heavy atom. The van der Waals surface area contributed by atoms with E-state index in [1.807, 2.05) is 12.1 Å². The number of rotatable bonds is 6. The summed E-state index contributed by atoms with van der Waals surface area (Å²) in [4.78, 5) is 2.46. The molecule has 1 aliphatic rings. The third-order valence-corrected chi connectivity index (χ3v) is 8.55. The van der Waals surface area contributed by atoms with E-state index in [0.29, 0.717) is 0 Å². The van der Waals surface area contributed by atoms with Crippen molar-refractivity contribution in [2.45, 2.75) is 34.1 Å². The first-order valence-corrected chi connectivity index (χ1v) is 14.6. The van der Waals surface area contributed by atoms with E-state index in [1.54, 1.807) is 7.11 Å². The smallest absolute Gasteiger partial charge is 0.118 e. The summed E-state index contributed by atoms with van der Waals surface area (Å²) in [5.41, 5.74) is 14.0. The molecule has 6 rings (SSSR count). The van der Waals surface area contributed by atoms with Crippen molar-refractivity contribution < 1.29 is 4.74 Å². The third kappa shape index (κ3) is 4.95. The van der Waals surface area contributed by atoms with Gasteiger partial charge < -0.3 is 9.64 Å². The molecule has 0 saturated heterocycles. The molecule has 41 heavy (non-hydrogen) atoms. The molecule has 204 valence electrons. The normalized spacial score (nSPS) is 13.2. The number of allylic oxidation sites excluding steroid dienone is 3. The van der Waals surface area contributed by atoms with Crippen molar-refractivity contribution in [1.82, 2.24) is 0 Å². The van der Waals surface area contributed by atoms with E-state index >= 15 is 0 Å². The monoisotopic (exact) mass is 535 g/mol. The minimum Gasteiger partial charge on any atom is -0.497 e. The lowest BCUT2D eigenvalue weighted by Gasteiger charge is -2.26. The van der Waals surface area contributed by atoms with E-state index in [2.05, 4.69) is 130 Å². The maximum atomic E-state index is 5.37. The Morgan fingerprint density at radius 2 is 1.34 bits per heavy atom. The molecule has 2 nitrogen and oxygen atoms in total. The molecule has 5 aromatic carbocycles. The van der Waals surface area contributed by atoms with Gasteiger partial charge in [0, 0.05) is 29.0 Å². The lowest BCUT2D eigenvalue weighted by Crippen LogP contribution is -2.17. The van der Waals surface area contributed by atoms with E-state index < -0.39 is 0 Å². The Bertz CT molecular complexity index is 1810. The minimum absolute atomic E-state index is 0.875. The van der Waals surface area contributed by atoms with Crippen LogP contribution < -0.4 is 9.64 Å². The van der Waals surface area contributed by atoms with E-state index in [1.165, 1.54) is 72.2 Å². The van der Waals surface area contributed by atoms with Crippen molar-refractivity contribution in [2.24, 2.45) is 0 Å². The predicted octanol–water partition coefficient (Wildman–Crippen LogP) is 10.9. The van der Waals surface area contributed by atoms with Gasteiger partial charge >= 0.3 is 0 Å². The van der Waals surface area contributed by atoms with Crippen LogP contribution in [-0.4, -0.2) is 13.7 Å². The van der Waals surface area contributed by atoms with Crippen LogP contribution in [0.3, 0.4) is 0 Å². The van der Waals surface area contributed by atoms with Gasteiger partial charge in [0.1, 0.15) is 5.75 Å². The predicted molar refractivity (Wildman–Crippen MR) is 178 cm³/mol. The Hall–Kier alpha value is -4.56. The van der Waals surface area contributed by atoms with Gasteiger partial charge in [-0.15, -0.1) is 0 Å². The molecule has 0 bridgehead atoms. The highest BCUT2D eigenvalue weighted by Gasteiger charge is 2.23. The molecule has 2 heteroatoms. The number of methoxy groups -OCH3 is 1. The van der Waals surface area contributed by atoms with Gasteiger partial charge in [0.15, 0.2) is 0 Å². The number of anilines is 2. The van der Waals surface area contributed by atoms with Gasteiger partial charge in [-0.05, 0) is 119 Å². The second kappa shape index (κ2) is 11.1. The highest BCUT2D eigenvalue weighted by atomic mass is 16.5. The molecular formula is C39H37NO. The summed E-state index contributed by atoms with van der Waals surface area (Å²) >= 11 is 0. The number of ether oxygens (including phenoxy) is 1. The van der Waals surface area contributed by atoms with Crippen molar-refractivity contribution in [3.8, 4) is 16.9 Å². The maximum Gasteiger partial charge on any atom is 0.118 e. The zero-order valence-corrected chi connectivity index (χ0v) is 24.7. The Kier molecular flexibility index (Phi) is 7.24. The third-order valence-electron chi connectivity index (χ3n) is 8.55. The molecule has 0 radical (unpaired) electrons. The van der Waals surface area contributed by atoms with E-state index in [-0.39, 0.29) is 0 Å². The van der Waals surface area contributed by atoms with E-state index in [9.17, 15) is 0 Å². The molecule has 0 aromatic heterocycles. The van der Waals surface area contributed by atoms with Crippen LogP contribution in [0, 0.1) is 0 Å². The van der Waals surface area contributed by atoms with Crippen LogP contribution >= 0.6 is 0 Å². The number of fused-ring (bicyclic) bond motifs is 3. The van der Waals surface area contributed by atoms with Crippen molar-refractivity contribution in [3.63, 3.8) is 0 Å². The Morgan fingerprint density at radius 3 is 2.02 bits per heavy atom. The van der Waals surface area contributed by atoms with E-state index in [0.717, 1.165) is 18.7 Å². The standard InChI is InChI=1S/C39H37NO/c1-6-29(33-14-13-30-10-8-9-11-32(30)24-33)22-28-12-20-38-36(23-28)26(3)27(4)37-25-34(17-21-39(37)40(38)7-2)31-15-18-35(41-5)19-16-31/h8-25H,6-7H2,1-5H3. The molecule has 1 aliphatic heterocycles. The van der Waals surface area contributed by atoms with Crippen LogP contribution in [0.15, 0.2) is 103 Å². The Labute approximate surface area is 244 Å². The zero-order chi connectivity index (χ0) is 28.5. The summed E-state index contributed by atoms with van der Waals surface area (Å²) in [6.45, 7) is 9.92.